The summed E-state index contributed by atoms with van der Waals surface area (Å²) < 4.78 is 0.781. The number of nitrogens with zero attached hydrogens (tertiary/aromatic N) is 1. The molecule has 2 nitrogen and oxygen atoms in total. The van der Waals surface area contributed by atoms with Crippen LogP contribution < -0.4 is 0 Å². The SMILES string of the molecule is CCN(CC)C(=O)C(C)SC(=S)c1ccccc1. The van der Waals surface area contributed by atoms with Crippen LogP contribution in [0.5, 0.6) is 0 Å². The summed E-state index contributed by atoms with van der Waals surface area (Å²) in [6.45, 7) is 7.40. The lowest BCUT2D eigenvalue weighted by Crippen LogP contribution is -2.36. The fourth-order valence-electron chi connectivity index (χ4n) is 1.65. The summed E-state index contributed by atoms with van der Waals surface area (Å²) in [6, 6.07) is 9.83. The molecule has 0 heterocycles. The van der Waals surface area contributed by atoms with E-state index >= 15 is 0 Å². The number of hydrogen-bond acceptors (Lipinski definition) is 3. The lowest BCUT2D eigenvalue weighted by atomic mass is 10.2. The van der Waals surface area contributed by atoms with Gasteiger partial charge in [-0.25, -0.2) is 0 Å². The highest BCUT2D eigenvalue weighted by atomic mass is 32.2. The van der Waals surface area contributed by atoms with Gasteiger partial charge in [-0.1, -0.05) is 42.5 Å². The van der Waals surface area contributed by atoms with Crippen molar-refractivity contribution >= 4 is 34.1 Å². The van der Waals surface area contributed by atoms with E-state index in [0.717, 1.165) is 22.8 Å². The van der Waals surface area contributed by atoms with Crippen LogP contribution in [0.25, 0.3) is 0 Å². The second kappa shape index (κ2) is 7.54. The third kappa shape index (κ3) is 4.10. The van der Waals surface area contributed by atoms with Crippen LogP contribution in [0.15, 0.2) is 30.3 Å². The number of benzene rings is 1. The molecule has 0 aliphatic heterocycles. The Kier molecular flexibility index (Phi) is 6.36. The van der Waals surface area contributed by atoms with Crippen molar-refractivity contribution in [1.82, 2.24) is 4.90 Å². The summed E-state index contributed by atoms with van der Waals surface area (Å²) in [6.07, 6.45) is 0. The van der Waals surface area contributed by atoms with Crippen LogP contribution in [0.2, 0.25) is 0 Å². The summed E-state index contributed by atoms with van der Waals surface area (Å²) >= 11 is 6.83. The Balaban J connectivity index is 2.62. The smallest absolute Gasteiger partial charge is 0.235 e. The maximum atomic E-state index is 12.1. The van der Waals surface area contributed by atoms with Crippen LogP contribution in [0.3, 0.4) is 0 Å². The average molecular weight is 281 g/mol. The van der Waals surface area contributed by atoms with Crippen LogP contribution >= 0.6 is 24.0 Å². The zero-order chi connectivity index (χ0) is 13.5. The van der Waals surface area contributed by atoms with Gasteiger partial charge >= 0.3 is 0 Å². The first-order chi connectivity index (χ1) is 8.60. The van der Waals surface area contributed by atoms with Gasteiger partial charge < -0.3 is 4.90 Å². The monoisotopic (exact) mass is 281 g/mol. The minimum atomic E-state index is -0.127. The number of carbonyl (C=O) groups excluding carboxylic acids is 1. The second-order valence-electron chi connectivity index (χ2n) is 3.92. The van der Waals surface area contributed by atoms with Gasteiger partial charge in [-0.3, -0.25) is 4.79 Å². The van der Waals surface area contributed by atoms with Crippen LogP contribution in [-0.4, -0.2) is 33.3 Å². The van der Waals surface area contributed by atoms with E-state index in [1.54, 1.807) is 0 Å². The molecule has 0 aliphatic carbocycles. The number of amides is 1. The molecule has 98 valence electrons. The van der Waals surface area contributed by atoms with Crippen molar-refractivity contribution in [2.75, 3.05) is 13.1 Å². The van der Waals surface area contributed by atoms with E-state index in [1.165, 1.54) is 11.8 Å². The maximum Gasteiger partial charge on any atom is 0.235 e. The summed E-state index contributed by atoms with van der Waals surface area (Å²) in [4.78, 5) is 14.0. The van der Waals surface area contributed by atoms with Crippen molar-refractivity contribution in [2.45, 2.75) is 26.0 Å². The topological polar surface area (TPSA) is 20.3 Å². The Morgan fingerprint density at radius 3 is 2.33 bits per heavy atom. The molecule has 0 saturated carbocycles. The predicted molar refractivity (Wildman–Crippen MR) is 83.1 cm³/mol. The van der Waals surface area contributed by atoms with Gasteiger partial charge in [0.1, 0.15) is 0 Å². The molecule has 18 heavy (non-hydrogen) atoms. The molecule has 1 amide bonds. The molecule has 0 N–H and O–H groups in total. The number of hydrogen-bond donors (Lipinski definition) is 0. The molecular weight excluding hydrogens is 262 g/mol. The highest BCUT2D eigenvalue weighted by Crippen LogP contribution is 2.20. The van der Waals surface area contributed by atoms with E-state index in [9.17, 15) is 4.79 Å². The maximum absolute atomic E-state index is 12.1. The molecule has 0 saturated heterocycles. The summed E-state index contributed by atoms with van der Waals surface area (Å²) in [5.41, 5.74) is 1.01. The fourth-order valence-corrected chi connectivity index (χ4v) is 3.06. The van der Waals surface area contributed by atoms with Crippen LogP contribution in [0.1, 0.15) is 26.3 Å². The number of thioether (sulfide) groups is 1. The van der Waals surface area contributed by atoms with E-state index < -0.39 is 0 Å². The second-order valence-corrected chi connectivity index (χ2v) is 5.94. The van der Waals surface area contributed by atoms with E-state index in [-0.39, 0.29) is 11.2 Å². The largest absolute Gasteiger partial charge is 0.342 e. The first kappa shape index (κ1) is 15.2. The zero-order valence-corrected chi connectivity index (χ0v) is 12.7. The molecule has 1 unspecified atom stereocenters. The molecule has 1 rings (SSSR count). The predicted octanol–water partition coefficient (Wildman–Crippen LogP) is 3.35. The van der Waals surface area contributed by atoms with Gasteiger partial charge in [0.05, 0.1) is 9.45 Å². The Labute approximate surface area is 119 Å². The normalized spacial score (nSPS) is 11.9. The van der Waals surface area contributed by atoms with Gasteiger partial charge in [0.15, 0.2) is 0 Å². The van der Waals surface area contributed by atoms with Gasteiger partial charge in [0.25, 0.3) is 0 Å². The Morgan fingerprint density at radius 2 is 1.83 bits per heavy atom. The average Bonchev–Trinajstić information content (AvgIpc) is 2.40. The summed E-state index contributed by atoms with van der Waals surface area (Å²) in [5.74, 6) is 0.156. The Morgan fingerprint density at radius 1 is 1.28 bits per heavy atom. The molecule has 0 radical (unpaired) electrons. The van der Waals surface area contributed by atoms with Crippen LogP contribution in [0, 0.1) is 0 Å². The van der Waals surface area contributed by atoms with Gasteiger partial charge in [0.2, 0.25) is 5.91 Å². The van der Waals surface area contributed by atoms with Crippen molar-refractivity contribution in [3.8, 4) is 0 Å². The molecule has 1 aromatic rings. The zero-order valence-electron chi connectivity index (χ0n) is 11.1. The molecular formula is C14H19NOS2. The van der Waals surface area contributed by atoms with Gasteiger partial charge in [-0.05, 0) is 26.3 Å². The van der Waals surface area contributed by atoms with Crippen LogP contribution in [-0.2, 0) is 4.79 Å². The number of thiocarbonyl (C=S) groups is 1. The van der Waals surface area contributed by atoms with Crippen molar-refractivity contribution in [3.63, 3.8) is 0 Å². The standard InChI is InChI=1S/C14H19NOS2/c1-4-15(5-2)13(16)11(3)18-14(17)12-9-7-6-8-10-12/h6-11H,4-5H2,1-3H3. The molecule has 1 aromatic carbocycles. The lowest BCUT2D eigenvalue weighted by Gasteiger charge is -2.22. The highest BCUT2D eigenvalue weighted by Gasteiger charge is 2.20. The number of rotatable bonds is 5. The molecule has 0 bridgehead atoms. The van der Waals surface area contributed by atoms with Crippen molar-refractivity contribution in [3.05, 3.63) is 35.9 Å². The van der Waals surface area contributed by atoms with Crippen molar-refractivity contribution in [2.24, 2.45) is 0 Å². The minimum Gasteiger partial charge on any atom is -0.342 e. The summed E-state index contributed by atoms with van der Waals surface area (Å²) in [5, 5.41) is -0.127. The van der Waals surface area contributed by atoms with Gasteiger partial charge in [-0.2, -0.15) is 0 Å². The minimum absolute atomic E-state index is 0.127. The fraction of sp³-hybridized carbons (Fsp3) is 0.429. The lowest BCUT2D eigenvalue weighted by molar-refractivity contribution is -0.129. The quantitative estimate of drug-likeness (QED) is 0.772. The van der Waals surface area contributed by atoms with Gasteiger partial charge in [0, 0.05) is 13.1 Å². The summed E-state index contributed by atoms with van der Waals surface area (Å²) in [7, 11) is 0. The Bertz CT molecular complexity index is 402. The molecule has 0 aliphatic rings. The van der Waals surface area contributed by atoms with E-state index in [0.29, 0.717) is 0 Å². The van der Waals surface area contributed by atoms with E-state index in [1.807, 2.05) is 56.0 Å². The first-order valence-corrected chi connectivity index (χ1v) is 7.43. The third-order valence-corrected chi connectivity index (χ3v) is 4.25. The third-order valence-electron chi connectivity index (χ3n) is 2.72. The highest BCUT2D eigenvalue weighted by molar-refractivity contribution is 8.24. The molecule has 0 fully saturated rings. The van der Waals surface area contributed by atoms with Crippen molar-refractivity contribution < 1.29 is 4.79 Å². The Hall–Kier alpha value is -0.870. The van der Waals surface area contributed by atoms with E-state index in [2.05, 4.69) is 0 Å². The molecule has 1 atom stereocenters. The van der Waals surface area contributed by atoms with Crippen LogP contribution in [0.4, 0.5) is 0 Å². The number of carbonyl (C=O) groups is 1. The molecule has 4 heteroatoms. The van der Waals surface area contributed by atoms with E-state index in [4.69, 9.17) is 12.2 Å². The first-order valence-electron chi connectivity index (χ1n) is 6.15. The molecule has 0 aromatic heterocycles. The molecule has 0 spiro atoms. The van der Waals surface area contributed by atoms with Gasteiger partial charge in [-0.15, -0.1) is 11.8 Å². The van der Waals surface area contributed by atoms with Crippen molar-refractivity contribution in [1.29, 1.82) is 0 Å².